The Bertz CT molecular complexity index is 1220. The highest BCUT2D eigenvalue weighted by Crippen LogP contribution is 2.46. The monoisotopic (exact) mass is 470 g/mol. The van der Waals surface area contributed by atoms with Gasteiger partial charge in [0.15, 0.2) is 0 Å². The lowest BCUT2D eigenvalue weighted by Gasteiger charge is -2.35. The number of carbonyl (C=O) groups is 2. The molecule has 0 saturated carbocycles. The zero-order valence-electron chi connectivity index (χ0n) is 20.9. The van der Waals surface area contributed by atoms with Crippen molar-refractivity contribution in [3.8, 4) is 0 Å². The summed E-state index contributed by atoms with van der Waals surface area (Å²) >= 11 is 0. The number of hydrogen-bond donors (Lipinski definition) is 1. The molecular weight excluding hydrogens is 436 g/mol. The summed E-state index contributed by atoms with van der Waals surface area (Å²) in [5, 5.41) is 2.97. The normalized spacial score (nSPS) is 22.1. The van der Waals surface area contributed by atoms with E-state index in [0.29, 0.717) is 37.3 Å². The highest BCUT2D eigenvalue weighted by Gasteiger charge is 2.51. The molecule has 1 aromatic heterocycles. The Balaban J connectivity index is 1.35. The van der Waals surface area contributed by atoms with Gasteiger partial charge in [0.1, 0.15) is 17.2 Å². The van der Waals surface area contributed by atoms with Crippen molar-refractivity contribution in [1.82, 2.24) is 9.88 Å². The average Bonchev–Trinajstić information content (AvgIpc) is 3.45. The van der Waals surface area contributed by atoms with E-state index in [4.69, 9.17) is 4.99 Å². The molecule has 1 spiro atoms. The number of rotatable bonds is 8. The van der Waals surface area contributed by atoms with E-state index in [-0.39, 0.29) is 11.8 Å². The molecule has 0 radical (unpaired) electrons. The van der Waals surface area contributed by atoms with E-state index >= 15 is 0 Å². The molecule has 1 N–H and O–H groups in total. The first-order valence-corrected chi connectivity index (χ1v) is 12.9. The first-order chi connectivity index (χ1) is 17.0. The molecule has 0 unspecified atom stereocenters. The van der Waals surface area contributed by atoms with E-state index in [1.807, 2.05) is 24.0 Å². The van der Waals surface area contributed by atoms with E-state index in [1.165, 1.54) is 11.1 Å². The predicted octanol–water partition coefficient (Wildman–Crippen LogP) is 5.07. The maximum absolute atomic E-state index is 13.1. The van der Waals surface area contributed by atoms with Gasteiger partial charge in [-0.1, -0.05) is 70.0 Å². The van der Waals surface area contributed by atoms with E-state index in [2.05, 4.69) is 54.5 Å². The number of pyridine rings is 1. The van der Waals surface area contributed by atoms with Crippen LogP contribution in [-0.2, 0) is 27.8 Å². The molecule has 5 rings (SSSR count). The first kappa shape index (κ1) is 23.5. The van der Waals surface area contributed by atoms with Gasteiger partial charge in [0, 0.05) is 18.3 Å². The van der Waals surface area contributed by atoms with Crippen LogP contribution in [0.25, 0.3) is 6.08 Å². The van der Waals surface area contributed by atoms with E-state index < -0.39 is 11.1 Å². The van der Waals surface area contributed by atoms with Crippen molar-refractivity contribution >= 4 is 29.4 Å². The highest BCUT2D eigenvalue weighted by molar-refractivity contribution is 6.40. The summed E-state index contributed by atoms with van der Waals surface area (Å²) in [5.41, 5.74) is 4.26. The second-order valence-corrected chi connectivity index (χ2v) is 10.0. The maximum atomic E-state index is 13.1. The van der Waals surface area contributed by atoms with Crippen LogP contribution in [0.2, 0.25) is 0 Å². The largest absolute Gasteiger partial charge is 0.310 e. The van der Waals surface area contributed by atoms with Gasteiger partial charge in [0.25, 0.3) is 5.91 Å². The molecule has 0 fully saturated rings. The number of nitrogens with one attached hydrogen (secondary N) is 1. The topological polar surface area (TPSA) is 74.7 Å². The van der Waals surface area contributed by atoms with Crippen molar-refractivity contribution < 1.29 is 9.59 Å². The zero-order chi connectivity index (χ0) is 24.6. The number of aliphatic imine (C=N–C) groups is 1. The fourth-order valence-electron chi connectivity index (χ4n) is 6.18. The van der Waals surface area contributed by atoms with Crippen molar-refractivity contribution in [3.63, 3.8) is 0 Å². The Kier molecular flexibility index (Phi) is 6.07. The highest BCUT2D eigenvalue weighted by atomic mass is 16.2. The number of aromatic nitrogens is 1. The van der Waals surface area contributed by atoms with Gasteiger partial charge >= 0.3 is 0 Å². The van der Waals surface area contributed by atoms with Gasteiger partial charge in [0.05, 0.1) is 5.41 Å². The summed E-state index contributed by atoms with van der Waals surface area (Å²) in [6, 6.07) is 10.4. The van der Waals surface area contributed by atoms with Crippen molar-refractivity contribution in [1.29, 1.82) is 0 Å². The van der Waals surface area contributed by atoms with Gasteiger partial charge in [-0.3, -0.25) is 14.6 Å². The standard InChI is InChI=1S/C29H34N4O2/c1-4-13-29(14-5-2)32-24(6-3)26(34)33(29)16-8-9-20-11-12-21-18-28(19-22(21)17-20)23-10-7-15-30-25(23)31-27(28)35/h7-12,15,17H,4-6,13-14,16,18-19H2,1-3H3,(H,30,31,35)/b9-8+/t28-/m1/s1. The molecule has 3 heterocycles. The van der Waals surface area contributed by atoms with Crippen LogP contribution in [-0.4, -0.2) is 39.6 Å². The maximum Gasteiger partial charge on any atom is 0.270 e. The van der Waals surface area contributed by atoms with Gasteiger partial charge in [-0.25, -0.2) is 4.98 Å². The minimum atomic E-state index is -0.552. The third-order valence-electron chi connectivity index (χ3n) is 7.78. The third kappa shape index (κ3) is 3.79. The Morgan fingerprint density at radius 1 is 1.06 bits per heavy atom. The van der Waals surface area contributed by atoms with Crippen LogP contribution < -0.4 is 5.32 Å². The van der Waals surface area contributed by atoms with Crippen LogP contribution in [0, 0.1) is 0 Å². The molecule has 0 bridgehead atoms. The fourth-order valence-corrected chi connectivity index (χ4v) is 6.18. The molecule has 182 valence electrons. The second kappa shape index (κ2) is 9.06. The summed E-state index contributed by atoms with van der Waals surface area (Å²) in [5.74, 6) is 0.813. The summed E-state index contributed by atoms with van der Waals surface area (Å²) in [7, 11) is 0. The molecule has 1 aromatic carbocycles. The van der Waals surface area contributed by atoms with Crippen LogP contribution in [0.15, 0.2) is 47.6 Å². The Hall–Kier alpha value is -3.28. The molecular formula is C29H34N4O2. The molecule has 2 aliphatic heterocycles. The Labute approximate surface area is 207 Å². The van der Waals surface area contributed by atoms with E-state index in [1.54, 1.807) is 6.20 Å². The minimum absolute atomic E-state index is 0.0435. The lowest BCUT2D eigenvalue weighted by molar-refractivity contribution is -0.127. The molecule has 35 heavy (non-hydrogen) atoms. The first-order valence-electron chi connectivity index (χ1n) is 12.9. The molecule has 6 nitrogen and oxygen atoms in total. The Morgan fingerprint density at radius 3 is 2.57 bits per heavy atom. The van der Waals surface area contributed by atoms with E-state index in [9.17, 15) is 9.59 Å². The minimum Gasteiger partial charge on any atom is -0.310 e. The predicted molar refractivity (Wildman–Crippen MR) is 139 cm³/mol. The zero-order valence-corrected chi connectivity index (χ0v) is 20.9. The number of fused-ring (bicyclic) bond motifs is 3. The van der Waals surface area contributed by atoms with Gasteiger partial charge in [-0.2, -0.15) is 0 Å². The molecule has 2 aromatic rings. The second-order valence-electron chi connectivity index (χ2n) is 10.0. The SMILES string of the molecule is CCCC1(CCC)N=C(CC)C(=O)N1C/C=C/c1ccc2c(c1)C[C@@]1(C2)C(=O)Nc2ncccc21. The third-order valence-corrected chi connectivity index (χ3v) is 7.78. The van der Waals surface area contributed by atoms with Crippen LogP contribution >= 0.6 is 0 Å². The molecule has 6 heteroatoms. The van der Waals surface area contributed by atoms with Crippen molar-refractivity contribution in [2.45, 2.75) is 76.8 Å². The number of anilines is 1. The summed E-state index contributed by atoms with van der Waals surface area (Å²) < 4.78 is 0. The van der Waals surface area contributed by atoms with Crippen LogP contribution in [0.5, 0.6) is 0 Å². The van der Waals surface area contributed by atoms with Crippen LogP contribution in [0.4, 0.5) is 5.82 Å². The van der Waals surface area contributed by atoms with Gasteiger partial charge < -0.3 is 10.2 Å². The lowest BCUT2D eigenvalue weighted by atomic mass is 9.79. The number of amides is 2. The van der Waals surface area contributed by atoms with Crippen LogP contribution in [0.3, 0.4) is 0 Å². The molecule has 2 amide bonds. The lowest BCUT2D eigenvalue weighted by Crippen LogP contribution is -2.46. The summed E-state index contributed by atoms with van der Waals surface area (Å²) in [4.78, 5) is 37.3. The fraction of sp³-hybridized carbons (Fsp3) is 0.448. The summed E-state index contributed by atoms with van der Waals surface area (Å²) in [6.07, 6.45) is 11.7. The van der Waals surface area contributed by atoms with Gasteiger partial charge in [-0.05, 0) is 54.9 Å². The van der Waals surface area contributed by atoms with Crippen LogP contribution in [0.1, 0.15) is 75.1 Å². The molecule has 3 aliphatic rings. The number of nitrogens with zero attached hydrogens (tertiary/aromatic N) is 3. The van der Waals surface area contributed by atoms with Crippen molar-refractivity contribution in [2.24, 2.45) is 4.99 Å². The van der Waals surface area contributed by atoms with Crippen molar-refractivity contribution in [3.05, 3.63) is 64.9 Å². The number of benzene rings is 1. The smallest absolute Gasteiger partial charge is 0.270 e. The molecule has 0 saturated heterocycles. The van der Waals surface area contributed by atoms with E-state index in [0.717, 1.165) is 36.8 Å². The average molecular weight is 471 g/mol. The van der Waals surface area contributed by atoms with Crippen molar-refractivity contribution in [2.75, 3.05) is 11.9 Å². The van der Waals surface area contributed by atoms with Gasteiger partial charge in [-0.15, -0.1) is 0 Å². The molecule has 1 atom stereocenters. The quantitative estimate of drug-likeness (QED) is 0.585. The summed E-state index contributed by atoms with van der Waals surface area (Å²) in [6.45, 7) is 6.88. The Morgan fingerprint density at radius 2 is 1.83 bits per heavy atom. The molecule has 1 aliphatic carbocycles. The number of carbonyl (C=O) groups excluding carboxylic acids is 2. The number of hydrogen-bond acceptors (Lipinski definition) is 4. The van der Waals surface area contributed by atoms with Gasteiger partial charge in [0.2, 0.25) is 5.91 Å².